The van der Waals surface area contributed by atoms with Crippen LogP contribution in [0.1, 0.15) is 24.1 Å². The molecule has 2 aromatic carbocycles. The van der Waals surface area contributed by atoms with Crippen LogP contribution in [0.25, 0.3) is 0 Å². The number of hydrogen-bond donors (Lipinski definition) is 1. The van der Waals surface area contributed by atoms with Crippen LogP contribution >= 0.6 is 23.2 Å². The van der Waals surface area contributed by atoms with Crippen LogP contribution < -0.4 is 10.1 Å². The molecule has 2 rings (SSSR count). The average Bonchev–Trinajstić information content (AvgIpc) is 2.48. The molecular formula is C17H19Cl2NO. The maximum Gasteiger partial charge on any atom is 0.119 e. The molecule has 112 valence electrons. The van der Waals surface area contributed by atoms with Gasteiger partial charge < -0.3 is 10.1 Å². The fraction of sp³-hybridized carbons (Fsp3) is 0.294. The van der Waals surface area contributed by atoms with Crippen LogP contribution in [0.2, 0.25) is 10.0 Å². The van der Waals surface area contributed by atoms with Crippen LogP contribution in [0.15, 0.2) is 42.5 Å². The van der Waals surface area contributed by atoms with E-state index < -0.39 is 0 Å². The molecule has 0 aliphatic rings. The van der Waals surface area contributed by atoms with Crippen LogP contribution in [0.5, 0.6) is 5.75 Å². The van der Waals surface area contributed by atoms with Gasteiger partial charge in [-0.05, 0) is 54.9 Å². The van der Waals surface area contributed by atoms with E-state index in [1.54, 1.807) is 0 Å². The zero-order valence-electron chi connectivity index (χ0n) is 12.2. The lowest BCUT2D eigenvalue weighted by atomic mass is 10.1. The van der Waals surface area contributed by atoms with Gasteiger partial charge in [-0.2, -0.15) is 0 Å². The predicted octanol–water partition coefficient (Wildman–Crippen LogP) is 5.03. The van der Waals surface area contributed by atoms with Crippen LogP contribution in [0, 0.1) is 6.92 Å². The smallest absolute Gasteiger partial charge is 0.119 e. The van der Waals surface area contributed by atoms with E-state index in [1.807, 2.05) is 43.3 Å². The summed E-state index contributed by atoms with van der Waals surface area (Å²) in [6.45, 7) is 5.47. The Morgan fingerprint density at radius 1 is 1.10 bits per heavy atom. The van der Waals surface area contributed by atoms with Gasteiger partial charge in [0.25, 0.3) is 0 Å². The number of hydrogen-bond acceptors (Lipinski definition) is 2. The SMILES string of the molecule is CCNC(COc1ccc(Cl)cc1)c1ccc(C)c(Cl)c1. The Hall–Kier alpha value is -1.22. The monoisotopic (exact) mass is 323 g/mol. The highest BCUT2D eigenvalue weighted by molar-refractivity contribution is 6.31. The van der Waals surface area contributed by atoms with Crippen molar-refractivity contribution in [2.45, 2.75) is 19.9 Å². The maximum atomic E-state index is 6.21. The van der Waals surface area contributed by atoms with Crippen molar-refractivity contribution in [3.8, 4) is 5.75 Å². The minimum atomic E-state index is 0.101. The summed E-state index contributed by atoms with van der Waals surface area (Å²) in [7, 11) is 0. The number of likely N-dealkylation sites (N-methyl/N-ethyl adjacent to an activating group) is 1. The average molecular weight is 324 g/mol. The van der Waals surface area contributed by atoms with Gasteiger partial charge in [0.2, 0.25) is 0 Å². The first kappa shape index (κ1) is 16.2. The molecule has 0 saturated carbocycles. The van der Waals surface area contributed by atoms with E-state index in [2.05, 4.69) is 18.3 Å². The molecule has 0 spiro atoms. The summed E-state index contributed by atoms with van der Waals surface area (Å²) in [6, 6.07) is 13.6. The lowest BCUT2D eigenvalue weighted by molar-refractivity contribution is 0.268. The van der Waals surface area contributed by atoms with Gasteiger partial charge in [-0.1, -0.05) is 42.3 Å². The van der Waals surface area contributed by atoms with Gasteiger partial charge in [-0.25, -0.2) is 0 Å². The van der Waals surface area contributed by atoms with Crippen LogP contribution in [-0.4, -0.2) is 13.2 Å². The Morgan fingerprint density at radius 3 is 2.43 bits per heavy atom. The molecular weight excluding hydrogens is 305 g/mol. The van der Waals surface area contributed by atoms with Crippen molar-refractivity contribution in [1.29, 1.82) is 0 Å². The number of ether oxygens (including phenoxy) is 1. The van der Waals surface area contributed by atoms with E-state index in [1.165, 1.54) is 0 Å². The lowest BCUT2D eigenvalue weighted by Gasteiger charge is -2.19. The van der Waals surface area contributed by atoms with Gasteiger partial charge in [-0.3, -0.25) is 0 Å². The molecule has 0 saturated heterocycles. The Balaban J connectivity index is 2.07. The molecule has 0 aromatic heterocycles. The molecule has 0 fully saturated rings. The van der Waals surface area contributed by atoms with Gasteiger partial charge >= 0.3 is 0 Å². The molecule has 0 radical (unpaired) electrons. The highest BCUT2D eigenvalue weighted by Crippen LogP contribution is 2.23. The molecule has 1 unspecified atom stereocenters. The minimum Gasteiger partial charge on any atom is -0.492 e. The van der Waals surface area contributed by atoms with E-state index in [4.69, 9.17) is 27.9 Å². The molecule has 0 bridgehead atoms. The number of rotatable bonds is 6. The third kappa shape index (κ3) is 4.63. The molecule has 0 aliphatic carbocycles. The third-order valence-electron chi connectivity index (χ3n) is 3.28. The van der Waals surface area contributed by atoms with E-state index >= 15 is 0 Å². The summed E-state index contributed by atoms with van der Waals surface area (Å²) >= 11 is 12.1. The van der Waals surface area contributed by atoms with Gasteiger partial charge in [0, 0.05) is 10.0 Å². The molecule has 4 heteroatoms. The molecule has 0 heterocycles. The summed E-state index contributed by atoms with van der Waals surface area (Å²) in [5, 5.41) is 4.90. The summed E-state index contributed by atoms with van der Waals surface area (Å²) in [5.41, 5.74) is 2.20. The minimum absolute atomic E-state index is 0.101. The Bertz CT molecular complexity index is 584. The maximum absolute atomic E-state index is 6.21. The Labute approximate surface area is 136 Å². The quantitative estimate of drug-likeness (QED) is 0.804. The molecule has 1 atom stereocenters. The second kappa shape index (κ2) is 7.69. The van der Waals surface area contributed by atoms with Crippen molar-refractivity contribution in [3.05, 3.63) is 63.6 Å². The van der Waals surface area contributed by atoms with E-state index in [0.717, 1.165) is 28.4 Å². The predicted molar refractivity (Wildman–Crippen MR) is 89.6 cm³/mol. The Kier molecular flexibility index (Phi) is 5.92. The molecule has 0 aliphatic heterocycles. The van der Waals surface area contributed by atoms with Crippen LogP contribution in [-0.2, 0) is 0 Å². The van der Waals surface area contributed by atoms with Crippen molar-refractivity contribution >= 4 is 23.2 Å². The fourth-order valence-electron chi connectivity index (χ4n) is 2.06. The highest BCUT2D eigenvalue weighted by atomic mass is 35.5. The van der Waals surface area contributed by atoms with Gasteiger partial charge in [0.05, 0.1) is 6.04 Å². The highest BCUT2D eigenvalue weighted by Gasteiger charge is 2.12. The van der Waals surface area contributed by atoms with Crippen LogP contribution in [0.3, 0.4) is 0 Å². The topological polar surface area (TPSA) is 21.3 Å². The van der Waals surface area contributed by atoms with E-state index in [-0.39, 0.29) is 6.04 Å². The molecule has 0 amide bonds. The summed E-state index contributed by atoms with van der Waals surface area (Å²) in [4.78, 5) is 0. The summed E-state index contributed by atoms with van der Waals surface area (Å²) < 4.78 is 5.84. The molecule has 2 nitrogen and oxygen atoms in total. The lowest BCUT2D eigenvalue weighted by Crippen LogP contribution is -2.26. The standard InChI is InChI=1S/C17H19Cl2NO/c1-3-20-17(13-5-4-12(2)16(19)10-13)11-21-15-8-6-14(18)7-9-15/h4-10,17,20H,3,11H2,1-2H3. The first-order valence-electron chi connectivity index (χ1n) is 6.98. The van der Waals surface area contributed by atoms with Crippen molar-refractivity contribution < 1.29 is 4.74 Å². The van der Waals surface area contributed by atoms with Crippen molar-refractivity contribution in [3.63, 3.8) is 0 Å². The summed E-state index contributed by atoms with van der Waals surface area (Å²) in [5.74, 6) is 0.806. The number of aryl methyl sites for hydroxylation is 1. The van der Waals surface area contributed by atoms with Crippen molar-refractivity contribution in [2.24, 2.45) is 0 Å². The van der Waals surface area contributed by atoms with E-state index in [0.29, 0.717) is 11.6 Å². The first-order valence-corrected chi connectivity index (χ1v) is 7.73. The first-order chi connectivity index (χ1) is 10.1. The number of nitrogens with one attached hydrogen (secondary N) is 1. The second-order valence-corrected chi connectivity index (χ2v) is 5.73. The van der Waals surface area contributed by atoms with Crippen LogP contribution in [0.4, 0.5) is 0 Å². The Morgan fingerprint density at radius 2 is 1.81 bits per heavy atom. The summed E-state index contributed by atoms with van der Waals surface area (Å²) in [6.07, 6.45) is 0. The van der Waals surface area contributed by atoms with Gasteiger partial charge in [0.15, 0.2) is 0 Å². The number of halogens is 2. The molecule has 1 N–H and O–H groups in total. The number of benzene rings is 2. The third-order valence-corrected chi connectivity index (χ3v) is 3.94. The molecule has 21 heavy (non-hydrogen) atoms. The van der Waals surface area contributed by atoms with Crippen molar-refractivity contribution in [2.75, 3.05) is 13.2 Å². The zero-order chi connectivity index (χ0) is 15.2. The second-order valence-electron chi connectivity index (χ2n) is 4.88. The molecule has 2 aromatic rings. The largest absolute Gasteiger partial charge is 0.492 e. The van der Waals surface area contributed by atoms with E-state index in [9.17, 15) is 0 Å². The fourth-order valence-corrected chi connectivity index (χ4v) is 2.37. The normalized spacial score (nSPS) is 12.2. The van der Waals surface area contributed by atoms with Crippen molar-refractivity contribution in [1.82, 2.24) is 5.32 Å². The van der Waals surface area contributed by atoms with Gasteiger partial charge in [0.1, 0.15) is 12.4 Å². The zero-order valence-corrected chi connectivity index (χ0v) is 13.7. The van der Waals surface area contributed by atoms with Gasteiger partial charge in [-0.15, -0.1) is 0 Å².